The van der Waals surface area contributed by atoms with E-state index in [9.17, 15) is 0 Å². The van der Waals surface area contributed by atoms with Gasteiger partial charge in [0.05, 0.1) is 0 Å². The van der Waals surface area contributed by atoms with Gasteiger partial charge in [-0.25, -0.2) is 0 Å². The molecule has 0 bridgehead atoms. The molecule has 0 aliphatic heterocycles. The van der Waals surface area contributed by atoms with Gasteiger partial charge in [-0.1, -0.05) is 51.9 Å². The first-order valence-corrected chi connectivity index (χ1v) is 7.86. The van der Waals surface area contributed by atoms with E-state index in [0.717, 1.165) is 29.6 Å². The molecule has 0 aromatic heterocycles. The second-order valence-electron chi connectivity index (χ2n) is 6.88. The van der Waals surface area contributed by atoms with Crippen molar-refractivity contribution in [1.82, 2.24) is 0 Å². The van der Waals surface area contributed by atoms with E-state index in [1.54, 1.807) is 44.9 Å². The highest BCUT2D eigenvalue weighted by atomic mass is 14.5. The van der Waals surface area contributed by atoms with Crippen molar-refractivity contribution in [2.75, 3.05) is 0 Å². The van der Waals surface area contributed by atoms with Crippen LogP contribution in [0.4, 0.5) is 0 Å². The molecule has 3 fully saturated rings. The molecule has 5 unspecified atom stereocenters. The molecule has 0 N–H and O–H groups in total. The van der Waals surface area contributed by atoms with E-state index >= 15 is 0 Å². The SMILES string of the molecule is CC1CCCCC1C1CCCC2CCCC21. The van der Waals surface area contributed by atoms with Crippen molar-refractivity contribution in [2.45, 2.75) is 71.1 Å². The van der Waals surface area contributed by atoms with Gasteiger partial charge in [-0.05, 0) is 48.9 Å². The zero-order valence-corrected chi connectivity index (χ0v) is 11.0. The molecular weight excluding hydrogens is 192 g/mol. The Labute approximate surface area is 101 Å². The highest BCUT2D eigenvalue weighted by Gasteiger charge is 2.41. The fourth-order valence-corrected chi connectivity index (χ4v) is 5.33. The average molecular weight is 220 g/mol. The van der Waals surface area contributed by atoms with Crippen LogP contribution in [0.1, 0.15) is 71.1 Å². The first-order chi connectivity index (χ1) is 7.86. The number of fused-ring (bicyclic) bond motifs is 1. The first-order valence-electron chi connectivity index (χ1n) is 7.86. The van der Waals surface area contributed by atoms with Gasteiger partial charge in [-0.2, -0.15) is 0 Å². The number of hydrogen-bond acceptors (Lipinski definition) is 0. The highest BCUT2D eigenvalue weighted by molar-refractivity contribution is 4.91. The summed E-state index contributed by atoms with van der Waals surface area (Å²) in [6.07, 6.45) is 15.5. The second kappa shape index (κ2) is 4.70. The van der Waals surface area contributed by atoms with Gasteiger partial charge in [0.1, 0.15) is 0 Å². The third-order valence-electron chi connectivity index (χ3n) is 6.11. The Balaban J connectivity index is 1.71. The maximum Gasteiger partial charge on any atom is -0.0352 e. The lowest BCUT2D eigenvalue weighted by Crippen LogP contribution is -2.34. The standard InChI is InChI=1S/C16H28/c1-12-6-2-3-9-14(12)16-11-5-8-13-7-4-10-15(13)16/h12-16H,2-11H2,1H3. The van der Waals surface area contributed by atoms with Crippen LogP contribution in [0.15, 0.2) is 0 Å². The molecule has 0 aromatic carbocycles. The Bertz CT molecular complexity index is 232. The van der Waals surface area contributed by atoms with E-state index in [2.05, 4.69) is 6.92 Å². The zero-order chi connectivity index (χ0) is 11.0. The van der Waals surface area contributed by atoms with Gasteiger partial charge in [0.25, 0.3) is 0 Å². The molecule has 0 nitrogen and oxygen atoms in total. The molecule has 92 valence electrons. The molecule has 0 heterocycles. The van der Waals surface area contributed by atoms with Crippen LogP contribution in [0.5, 0.6) is 0 Å². The van der Waals surface area contributed by atoms with Gasteiger partial charge in [0.15, 0.2) is 0 Å². The molecular formula is C16H28. The van der Waals surface area contributed by atoms with E-state index in [4.69, 9.17) is 0 Å². The average Bonchev–Trinajstić information content (AvgIpc) is 2.77. The van der Waals surface area contributed by atoms with Gasteiger partial charge in [0.2, 0.25) is 0 Å². The Hall–Kier alpha value is 0. The van der Waals surface area contributed by atoms with Gasteiger partial charge < -0.3 is 0 Å². The fraction of sp³-hybridized carbons (Fsp3) is 1.00. The Morgan fingerprint density at radius 3 is 1.94 bits per heavy atom. The summed E-state index contributed by atoms with van der Waals surface area (Å²) in [5.41, 5.74) is 0. The van der Waals surface area contributed by atoms with Crippen molar-refractivity contribution in [3.05, 3.63) is 0 Å². The monoisotopic (exact) mass is 220 g/mol. The molecule has 3 aliphatic rings. The van der Waals surface area contributed by atoms with Crippen molar-refractivity contribution in [1.29, 1.82) is 0 Å². The number of hydrogen-bond donors (Lipinski definition) is 0. The Morgan fingerprint density at radius 2 is 1.19 bits per heavy atom. The van der Waals surface area contributed by atoms with E-state index in [1.165, 1.54) is 19.3 Å². The second-order valence-corrected chi connectivity index (χ2v) is 6.88. The van der Waals surface area contributed by atoms with Crippen LogP contribution in [0.25, 0.3) is 0 Å². The highest BCUT2D eigenvalue weighted by Crippen LogP contribution is 2.51. The molecule has 3 saturated carbocycles. The third kappa shape index (κ3) is 1.93. The van der Waals surface area contributed by atoms with Gasteiger partial charge >= 0.3 is 0 Å². The zero-order valence-electron chi connectivity index (χ0n) is 11.0. The lowest BCUT2D eigenvalue weighted by molar-refractivity contribution is 0.0672. The molecule has 0 heteroatoms. The van der Waals surface area contributed by atoms with Crippen molar-refractivity contribution in [2.24, 2.45) is 29.6 Å². The summed E-state index contributed by atoms with van der Waals surface area (Å²) in [5.74, 6) is 5.58. The predicted octanol–water partition coefficient (Wildman–Crippen LogP) is 5.03. The van der Waals surface area contributed by atoms with E-state index in [1.807, 2.05) is 0 Å². The van der Waals surface area contributed by atoms with Crippen molar-refractivity contribution in [3.8, 4) is 0 Å². The molecule has 0 radical (unpaired) electrons. The minimum absolute atomic E-state index is 1.04. The van der Waals surface area contributed by atoms with E-state index in [-0.39, 0.29) is 0 Å². The Kier molecular flexibility index (Phi) is 3.27. The van der Waals surface area contributed by atoms with Crippen LogP contribution >= 0.6 is 0 Å². The van der Waals surface area contributed by atoms with Crippen LogP contribution in [0.2, 0.25) is 0 Å². The third-order valence-corrected chi connectivity index (χ3v) is 6.11. The Morgan fingerprint density at radius 1 is 0.562 bits per heavy atom. The van der Waals surface area contributed by atoms with Crippen LogP contribution < -0.4 is 0 Å². The molecule has 16 heavy (non-hydrogen) atoms. The van der Waals surface area contributed by atoms with Crippen LogP contribution in [-0.4, -0.2) is 0 Å². The molecule has 0 saturated heterocycles. The summed E-state index contributed by atoms with van der Waals surface area (Å²) in [6.45, 7) is 2.54. The summed E-state index contributed by atoms with van der Waals surface area (Å²) in [7, 11) is 0. The van der Waals surface area contributed by atoms with Crippen molar-refractivity contribution in [3.63, 3.8) is 0 Å². The van der Waals surface area contributed by atoms with E-state index < -0.39 is 0 Å². The molecule has 3 aliphatic carbocycles. The number of rotatable bonds is 1. The molecule has 5 atom stereocenters. The van der Waals surface area contributed by atoms with Crippen molar-refractivity contribution >= 4 is 0 Å². The predicted molar refractivity (Wildman–Crippen MR) is 69.3 cm³/mol. The maximum atomic E-state index is 2.54. The van der Waals surface area contributed by atoms with Crippen LogP contribution in [-0.2, 0) is 0 Å². The summed E-state index contributed by atoms with van der Waals surface area (Å²) in [4.78, 5) is 0. The van der Waals surface area contributed by atoms with Crippen LogP contribution in [0.3, 0.4) is 0 Å². The topological polar surface area (TPSA) is 0 Å². The van der Waals surface area contributed by atoms with Crippen molar-refractivity contribution < 1.29 is 0 Å². The molecule has 3 rings (SSSR count). The lowest BCUT2D eigenvalue weighted by Gasteiger charge is -2.43. The van der Waals surface area contributed by atoms with Gasteiger partial charge in [-0.15, -0.1) is 0 Å². The molecule has 0 amide bonds. The molecule has 0 aromatic rings. The summed E-state index contributed by atoms with van der Waals surface area (Å²) in [6, 6.07) is 0. The fourth-order valence-electron chi connectivity index (χ4n) is 5.33. The minimum Gasteiger partial charge on any atom is -0.0622 e. The normalized spacial score (nSPS) is 48.9. The van der Waals surface area contributed by atoms with Gasteiger partial charge in [0, 0.05) is 0 Å². The van der Waals surface area contributed by atoms with Crippen LogP contribution in [0, 0.1) is 29.6 Å². The summed E-state index contributed by atoms with van der Waals surface area (Å²) < 4.78 is 0. The largest absolute Gasteiger partial charge is 0.0622 e. The van der Waals surface area contributed by atoms with Gasteiger partial charge in [-0.3, -0.25) is 0 Å². The first kappa shape index (κ1) is 11.1. The quantitative estimate of drug-likeness (QED) is 0.581. The van der Waals surface area contributed by atoms with E-state index in [0.29, 0.717) is 0 Å². The minimum atomic E-state index is 1.04. The maximum absolute atomic E-state index is 2.54. The molecule has 0 spiro atoms. The summed E-state index contributed by atoms with van der Waals surface area (Å²) >= 11 is 0. The lowest BCUT2D eigenvalue weighted by atomic mass is 9.62. The smallest absolute Gasteiger partial charge is 0.0352 e. The summed E-state index contributed by atoms with van der Waals surface area (Å²) in [5, 5.41) is 0.